The van der Waals surface area contributed by atoms with E-state index in [9.17, 15) is 0 Å². The largest absolute Gasteiger partial charge is 0.263 e. The lowest BCUT2D eigenvalue weighted by Crippen LogP contribution is -2.33. The fourth-order valence-corrected chi connectivity index (χ4v) is 2.79. The Kier molecular flexibility index (Phi) is 3.67. The molecule has 0 saturated carbocycles. The van der Waals surface area contributed by atoms with Gasteiger partial charge in [0, 0.05) is 0 Å². The molecule has 0 unspecified atom stereocenters. The normalized spacial score (nSPS) is 19.1. The molecule has 0 aromatic rings. The Balaban J connectivity index is 2.30. The van der Waals surface area contributed by atoms with Crippen molar-refractivity contribution < 1.29 is 4.29 Å². The second-order valence-corrected chi connectivity index (χ2v) is 4.46. The molecule has 0 radical (unpaired) electrons. The summed E-state index contributed by atoms with van der Waals surface area (Å²) in [5.74, 6) is 0. The summed E-state index contributed by atoms with van der Waals surface area (Å²) in [4.78, 5) is 0. The van der Waals surface area contributed by atoms with E-state index in [0.717, 1.165) is 25.7 Å². The van der Waals surface area contributed by atoms with E-state index in [1.807, 2.05) is 0 Å². The average Bonchev–Trinajstić information content (AvgIpc) is 2.98. The van der Waals surface area contributed by atoms with Crippen LogP contribution in [-0.4, -0.2) is 5.60 Å². The Labute approximate surface area is 102 Å². The Morgan fingerprint density at radius 3 is 2.06 bits per heavy atom. The Bertz CT molecular complexity index is 344. The summed E-state index contributed by atoms with van der Waals surface area (Å²) in [7, 11) is 0. The van der Waals surface area contributed by atoms with E-state index in [2.05, 4.69) is 43.4 Å². The van der Waals surface area contributed by atoms with E-state index in [-0.39, 0.29) is 5.60 Å². The zero-order valence-electron chi connectivity index (χ0n) is 9.58. The highest BCUT2D eigenvalue weighted by Crippen LogP contribution is 2.42. The van der Waals surface area contributed by atoms with Crippen LogP contribution in [0, 0.1) is 0 Å². The van der Waals surface area contributed by atoms with Crippen molar-refractivity contribution in [1.29, 1.82) is 0 Å². The second kappa shape index (κ2) is 5.03. The molecule has 0 atom stereocenters. The predicted octanol–water partition coefficient (Wildman–Crippen LogP) is 4.47. The fourth-order valence-electron chi connectivity index (χ4n) is 2.51. The maximum absolute atomic E-state index is 5.83. The molecule has 0 spiro atoms. The second-order valence-electron chi connectivity index (χ2n) is 4.30. The van der Waals surface area contributed by atoms with Crippen molar-refractivity contribution in [2.75, 3.05) is 0 Å². The molecule has 0 aliphatic heterocycles. The van der Waals surface area contributed by atoms with Crippen molar-refractivity contribution in [1.82, 2.24) is 0 Å². The van der Waals surface area contributed by atoms with Crippen LogP contribution in [0.5, 0.6) is 0 Å². The van der Waals surface area contributed by atoms with Crippen LogP contribution >= 0.6 is 11.9 Å². The van der Waals surface area contributed by atoms with E-state index in [0.29, 0.717) is 0 Å². The van der Waals surface area contributed by atoms with Crippen LogP contribution in [0.25, 0.3) is 0 Å². The monoisotopic (exact) mass is 236 g/mol. The van der Waals surface area contributed by atoms with Gasteiger partial charge in [0.1, 0.15) is 5.60 Å². The Morgan fingerprint density at radius 1 is 1.19 bits per heavy atom. The van der Waals surface area contributed by atoms with Gasteiger partial charge in [0.05, 0.1) is 11.9 Å². The number of allylic oxidation sites excluding steroid dienone is 6. The summed E-state index contributed by atoms with van der Waals surface area (Å²) in [6.45, 7) is 2.16. The molecule has 0 heterocycles. The van der Waals surface area contributed by atoms with Gasteiger partial charge in [0.15, 0.2) is 0 Å². The van der Waals surface area contributed by atoms with Gasteiger partial charge in [-0.05, 0) is 30.4 Å². The Morgan fingerprint density at radius 2 is 1.75 bits per heavy atom. The van der Waals surface area contributed by atoms with Crippen LogP contribution in [0.1, 0.15) is 32.6 Å². The SMILES string of the molecule is CCCC(OCl)(C1=CC=CC1)C1=CC=CC1. The third kappa shape index (κ3) is 1.90. The van der Waals surface area contributed by atoms with Gasteiger partial charge < -0.3 is 0 Å². The minimum absolute atomic E-state index is 0.386. The van der Waals surface area contributed by atoms with Crippen LogP contribution in [0.15, 0.2) is 47.6 Å². The lowest BCUT2D eigenvalue weighted by atomic mass is 9.81. The molecule has 0 saturated heterocycles. The molecule has 0 aromatic carbocycles. The van der Waals surface area contributed by atoms with E-state index in [1.165, 1.54) is 11.1 Å². The zero-order valence-corrected chi connectivity index (χ0v) is 10.3. The summed E-state index contributed by atoms with van der Waals surface area (Å²) >= 11 is 5.83. The Hall–Kier alpha value is -0.790. The molecule has 2 aliphatic rings. The summed E-state index contributed by atoms with van der Waals surface area (Å²) in [6.07, 6.45) is 16.6. The smallest absolute Gasteiger partial charge is 0.133 e. The van der Waals surface area contributed by atoms with E-state index < -0.39 is 0 Å². The van der Waals surface area contributed by atoms with E-state index in [1.54, 1.807) is 0 Å². The molecule has 0 bridgehead atoms. The van der Waals surface area contributed by atoms with E-state index in [4.69, 9.17) is 16.2 Å². The highest BCUT2D eigenvalue weighted by Gasteiger charge is 2.38. The topological polar surface area (TPSA) is 9.23 Å². The third-order valence-electron chi connectivity index (χ3n) is 3.31. The first-order valence-corrected chi connectivity index (χ1v) is 6.16. The molecule has 2 aliphatic carbocycles. The van der Waals surface area contributed by atoms with Crippen LogP contribution in [-0.2, 0) is 4.29 Å². The molecule has 0 amide bonds. The van der Waals surface area contributed by atoms with Crippen molar-refractivity contribution in [3.05, 3.63) is 47.6 Å². The van der Waals surface area contributed by atoms with Crippen LogP contribution < -0.4 is 0 Å². The first-order chi connectivity index (χ1) is 7.83. The number of hydrogen-bond acceptors (Lipinski definition) is 1. The van der Waals surface area contributed by atoms with Gasteiger partial charge in [-0.2, -0.15) is 0 Å². The van der Waals surface area contributed by atoms with Crippen molar-refractivity contribution >= 4 is 11.9 Å². The zero-order chi connectivity index (χ0) is 11.4. The molecule has 0 N–H and O–H groups in total. The summed E-state index contributed by atoms with van der Waals surface area (Å²) < 4.78 is 5.40. The highest BCUT2D eigenvalue weighted by atomic mass is 35.5. The number of rotatable bonds is 5. The number of halogens is 1. The van der Waals surface area contributed by atoms with Crippen molar-refractivity contribution in [3.8, 4) is 0 Å². The van der Waals surface area contributed by atoms with Gasteiger partial charge in [-0.1, -0.05) is 49.8 Å². The summed E-state index contributed by atoms with van der Waals surface area (Å²) in [6, 6.07) is 0. The molecule has 1 nitrogen and oxygen atoms in total. The van der Waals surface area contributed by atoms with Crippen LogP contribution in [0.3, 0.4) is 0 Å². The molecule has 2 rings (SSSR count). The van der Waals surface area contributed by atoms with Gasteiger partial charge in [-0.15, -0.1) is 0 Å². The molecule has 86 valence electrons. The minimum atomic E-state index is -0.386. The lowest BCUT2D eigenvalue weighted by molar-refractivity contribution is 0.147. The van der Waals surface area contributed by atoms with E-state index >= 15 is 0 Å². The number of hydrogen-bond donors (Lipinski definition) is 0. The first-order valence-electron chi connectivity index (χ1n) is 5.85. The highest BCUT2D eigenvalue weighted by molar-refractivity contribution is 6.08. The predicted molar refractivity (Wildman–Crippen MR) is 68.3 cm³/mol. The first kappa shape index (κ1) is 11.7. The third-order valence-corrected chi connectivity index (χ3v) is 3.58. The lowest BCUT2D eigenvalue weighted by Gasteiger charge is -2.33. The van der Waals surface area contributed by atoms with Crippen molar-refractivity contribution in [2.24, 2.45) is 0 Å². The fraction of sp³-hybridized carbons (Fsp3) is 0.429. The maximum atomic E-state index is 5.83. The van der Waals surface area contributed by atoms with Gasteiger partial charge in [-0.3, -0.25) is 4.29 Å². The maximum Gasteiger partial charge on any atom is 0.133 e. The molecular weight excluding hydrogens is 220 g/mol. The van der Waals surface area contributed by atoms with Crippen LogP contribution in [0.4, 0.5) is 0 Å². The van der Waals surface area contributed by atoms with Crippen molar-refractivity contribution in [2.45, 2.75) is 38.2 Å². The summed E-state index contributed by atoms with van der Waals surface area (Å²) in [5.41, 5.74) is 2.17. The van der Waals surface area contributed by atoms with Gasteiger partial charge in [0.2, 0.25) is 0 Å². The minimum Gasteiger partial charge on any atom is -0.263 e. The average molecular weight is 237 g/mol. The van der Waals surface area contributed by atoms with Gasteiger partial charge >= 0.3 is 0 Å². The van der Waals surface area contributed by atoms with Crippen LogP contribution in [0.2, 0.25) is 0 Å². The molecular formula is C14H17ClO. The van der Waals surface area contributed by atoms with Gasteiger partial charge in [-0.25, -0.2) is 0 Å². The molecule has 0 fully saturated rings. The molecule has 16 heavy (non-hydrogen) atoms. The molecule has 2 heteroatoms. The molecule has 0 aromatic heterocycles. The van der Waals surface area contributed by atoms with Crippen molar-refractivity contribution in [3.63, 3.8) is 0 Å². The summed E-state index contributed by atoms with van der Waals surface area (Å²) in [5, 5.41) is 0. The van der Waals surface area contributed by atoms with Gasteiger partial charge in [0.25, 0.3) is 0 Å². The quantitative estimate of drug-likeness (QED) is 0.685. The standard InChI is InChI=1S/C14H17ClO/c1-2-11-14(16-15,12-7-3-4-8-12)13-9-5-6-10-13/h3-7,9H,2,8,10-11H2,1H3.